The van der Waals surface area contributed by atoms with Gasteiger partial charge in [-0.15, -0.1) is 21.5 Å². The predicted molar refractivity (Wildman–Crippen MR) is 91.7 cm³/mol. The van der Waals surface area contributed by atoms with Crippen molar-refractivity contribution in [3.8, 4) is 10.7 Å². The molecule has 1 amide bonds. The number of ether oxygens (including phenoxy) is 1. The van der Waals surface area contributed by atoms with Crippen molar-refractivity contribution >= 4 is 29.0 Å². The van der Waals surface area contributed by atoms with Crippen LogP contribution in [0.3, 0.4) is 0 Å². The quantitative estimate of drug-likeness (QED) is 0.775. The average molecular weight is 352 g/mol. The molecule has 23 heavy (non-hydrogen) atoms. The first-order chi connectivity index (χ1) is 11.3. The molecule has 0 radical (unpaired) electrons. The Labute approximate surface area is 143 Å². The average Bonchev–Trinajstić information content (AvgIpc) is 3.31. The molecule has 6 nitrogen and oxygen atoms in total. The summed E-state index contributed by atoms with van der Waals surface area (Å²) in [6.45, 7) is 4.24. The minimum absolute atomic E-state index is 0.00817. The molecule has 1 aliphatic heterocycles. The van der Waals surface area contributed by atoms with Crippen molar-refractivity contribution in [2.75, 3.05) is 18.9 Å². The first-order valence-electron chi connectivity index (χ1n) is 7.76. The molecule has 1 N–H and O–H groups in total. The molecule has 0 aromatic carbocycles. The van der Waals surface area contributed by atoms with Gasteiger partial charge >= 0.3 is 0 Å². The van der Waals surface area contributed by atoms with Crippen molar-refractivity contribution in [3.05, 3.63) is 17.5 Å². The van der Waals surface area contributed by atoms with Gasteiger partial charge < -0.3 is 14.6 Å². The van der Waals surface area contributed by atoms with Gasteiger partial charge in [0.1, 0.15) is 0 Å². The normalized spacial score (nSPS) is 17.5. The van der Waals surface area contributed by atoms with Gasteiger partial charge in [0.2, 0.25) is 5.91 Å². The molecule has 0 saturated carbocycles. The first-order valence-corrected chi connectivity index (χ1v) is 9.62. The lowest BCUT2D eigenvalue weighted by atomic mass is 10.2. The van der Waals surface area contributed by atoms with Crippen LogP contribution in [0.15, 0.2) is 22.7 Å². The third kappa shape index (κ3) is 4.13. The summed E-state index contributed by atoms with van der Waals surface area (Å²) in [7, 11) is 0. The van der Waals surface area contributed by atoms with E-state index in [1.165, 1.54) is 11.8 Å². The van der Waals surface area contributed by atoms with E-state index in [9.17, 15) is 4.79 Å². The van der Waals surface area contributed by atoms with Crippen LogP contribution in [0, 0.1) is 0 Å². The van der Waals surface area contributed by atoms with E-state index >= 15 is 0 Å². The second kappa shape index (κ2) is 7.94. The molecule has 1 atom stereocenters. The van der Waals surface area contributed by atoms with Gasteiger partial charge in [0.05, 0.1) is 16.7 Å². The smallest absolute Gasteiger partial charge is 0.230 e. The Bertz CT molecular complexity index is 636. The molecule has 1 fully saturated rings. The molecule has 0 aliphatic carbocycles. The van der Waals surface area contributed by atoms with E-state index in [4.69, 9.17) is 4.74 Å². The SMILES string of the molecule is CCn1c(SCC(=O)NC[C@H]2CCCO2)nnc1-c1cccs1. The summed E-state index contributed by atoms with van der Waals surface area (Å²) in [6, 6.07) is 4.03. The fourth-order valence-electron chi connectivity index (χ4n) is 2.48. The third-order valence-corrected chi connectivity index (χ3v) is 5.49. The van der Waals surface area contributed by atoms with Gasteiger partial charge in [-0.3, -0.25) is 4.79 Å². The fraction of sp³-hybridized carbons (Fsp3) is 0.533. The maximum absolute atomic E-state index is 12.0. The summed E-state index contributed by atoms with van der Waals surface area (Å²) in [4.78, 5) is 13.1. The second-order valence-corrected chi connectivity index (χ2v) is 7.15. The Morgan fingerprint density at radius 3 is 3.17 bits per heavy atom. The maximum Gasteiger partial charge on any atom is 0.230 e. The lowest BCUT2D eigenvalue weighted by Gasteiger charge is -2.10. The number of amides is 1. The zero-order valence-corrected chi connectivity index (χ0v) is 14.7. The predicted octanol–water partition coefficient (Wildman–Crippen LogP) is 2.41. The van der Waals surface area contributed by atoms with Gasteiger partial charge in [-0.25, -0.2) is 0 Å². The van der Waals surface area contributed by atoms with Crippen LogP contribution in [-0.2, 0) is 16.1 Å². The molecule has 3 rings (SSSR count). The first kappa shape index (κ1) is 16.5. The molecule has 0 unspecified atom stereocenters. The number of thiophene rings is 1. The molecular formula is C15H20N4O2S2. The standard InChI is InChI=1S/C15H20N4O2S2/c1-2-19-14(12-6-4-8-22-12)17-18-15(19)23-10-13(20)16-9-11-5-3-7-21-11/h4,6,8,11H,2-3,5,7,9-10H2,1H3,(H,16,20)/t11-/m1/s1. The number of aromatic nitrogens is 3. The summed E-state index contributed by atoms with van der Waals surface area (Å²) in [5.41, 5.74) is 0. The summed E-state index contributed by atoms with van der Waals surface area (Å²) < 4.78 is 7.55. The van der Waals surface area contributed by atoms with Crippen LogP contribution in [0.2, 0.25) is 0 Å². The highest BCUT2D eigenvalue weighted by Crippen LogP contribution is 2.27. The molecule has 3 heterocycles. The summed E-state index contributed by atoms with van der Waals surface area (Å²) in [5.74, 6) is 1.22. The molecular weight excluding hydrogens is 332 g/mol. The zero-order valence-electron chi connectivity index (χ0n) is 13.0. The Kier molecular flexibility index (Phi) is 5.69. The Morgan fingerprint density at radius 1 is 1.57 bits per heavy atom. The van der Waals surface area contributed by atoms with E-state index in [0.717, 1.165) is 41.9 Å². The molecule has 2 aromatic heterocycles. The van der Waals surface area contributed by atoms with Crippen molar-refractivity contribution < 1.29 is 9.53 Å². The topological polar surface area (TPSA) is 69.0 Å². The van der Waals surface area contributed by atoms with Gasteiger partial charge in [-0.2, -0.15) is 0 Å². The van der Waals surface area contributed by atoms with Crippen LogP contribution < -0.4 is 5.32 Å². The van der Waals surface area contributed by atoms with Gasteiger partial charge in [0, 0.05) is 19.7 Å². The monoisotopic (exact) mass is 352 g/mol. The number of rotatable bonds is 7. The molecule has 8 heteroatoms. The minimum Gasteiger partial charge on any atom is -0.376 e. The molecule has 124 valence electrons. The van der Waals surface area contributed by atoms with Crippen LogP contribution in [0.25, 0.3) is 10.7 Å². The third-order valence-electron chi connectivity index (χ3n) is 3.66. The molecule has 1 aliphatic rings. The van der Waals surface area contributed by atoms with Gasteiger partial charge in [0.25, 0.3) is 0 Å². The van der Waals surface area contributed by atoms with Crippen molar-refractivity contribution in [1.29, 1.82) is 0 Å². The van der Waals surface area contributed by atoms with E-state index in [1.807, 2.05) is 22.1 Å². The van der Waals surface area contributed by atoms with E-state index in [-0.39, 0.29) is 12.0 Å². The van der Waals surface area contributed by atoms with Gasteiger partial charge in [0.15, 0.2) is 11.0 Å². The largest absolute Gasteiger partial charge is 0.376 e. The lowest BCUT2D eigenvalue weighted by molar-refractivity contribution is -0.119. The Hall–Kier alpha value is -1.38. The number of hydrogen-bond donors (Lipinski definition) is 1. The Balaban J connectivity index is 1.54. The molecule has 0 bridgehead atoms. The maximum atomic E-state index is 12.0. The van der Waals surface area contributed by atoms with Crippen LogP contribution in [0.5, 0.6) is 0 Å². The number of thioether (sulfide) groups is 1. The summed E-state index contributed by atoms with van der Waals surface area (Å²) in [6.07, 6.45) is 2.29. The number of nitrogens with zero attached hydrogens (tertiary/aromatic N) is 3. The van der Waals surface area contributed by atoms with Crippen molar-refractivity contribution in [2.24, 2.45) is 0 Å². The summed E-state index contributed by atoms with van der Waals surface area (Å²) >= 11 is 3.06. The van der Waals surface area contributed by atoms with Crippen LogP contribution >= 0.6 is 23.1 Å². The Morgan fingerprint density at radius 2 is 2.48 bits per heavy atom. The second-order valence-electron chi connectivity index (χ2n) is 5.26. The van der Waals surface area contributed by atoms with E-state index in [0.29, 0.717) is 12.3 Å². The molecule has 2 aromatic rings. The van der Waals surface area contributed by atoms with Crippen LogP contribution in [0.1, 0.15) is 19.8 Å². The van der Waals surface area contributed by atoms with Gasteiger partial charge in [-0.05, 0) is 31.2 Å². The van der Waals surface area contributed by atoms with Crippen LogP contribution in [-0.4, -0.2) is 45.7 Å². The van der Waals surface area contributed by atoms with Gasteiger partial charge in [-0.1, -0.05) is 17.8 Å². The highest BCUT2D eigenvalue weighted by atomic mass is 32.2. The fourth-order valence-corrected chi connectivity index (χ4v) is 4.03. The van der Waals surface area contributed by atoms with Crippen molar-refractivity contribution in [3.63, 3.8) is 0 Å². The van der Waals surface area contributed by atoms with Crippen LogP contribution in [0.4, 0.5) is 0 Å². The molecule has 0 spiro atoms. The number of carbonyl (C=O) groups excluding carboxylic acids is 1. The van der Waals surface area contributed by atoms with Crippen molar-refractivity contribution in [2.45, 2.75) is 37.6 Å². The number of nitrogens with one attached hydrogen (secondary N) is 1. The number of carbonyl (C=O) groups is 1. The summed E-state index contributed by atoms with van der Waals surface area (Å²) in [5, 5.41) is 14.2. The van der Waals surface area contributed by atoms with E-state index in [1.54, 1.807) is 11.3 Å². The number of hydrogen-bond acceptors (Lipinski definition) is 6. The van der Waals surface area contributed by atoms with E-state index < -0.39 is 0 Å². The minimum atomic E-state index is 0.00817. The highest BCUT2D eigenvalue weighted by Gasteiger charge is 2.18. The zero-order chi connectivity index (χ0) is 16.1. The highest BCUT2D eigenvalue weighted by molar-refractivity contribution is 7.99. The molecule has 1 saturated heterocycles. The van der Waals surface area contributed by atoms with Crippen molar-refractivity contribution in [1.82, 2.24) is 20.1 Å². The lowest BCUT2D eigenvalue weighted by Crippen LogP contribution is -2.32. The van der Waals surface area contributed by atoms with E-state index in [2.05, 4.69) is 22.4 Å².